The summed E-state index contributed by atoms with van der Waals surface area (Å²) in [7, 11) is 2.10. The number of esters is 1. The zero-order valence-electron chi connectivity index (χ0n) is 11.3. The van der Waals surface area contributed by atoms with Crippen molar-refractivity contribution in [3.63, 3.8) is 0 Å². The van der Waals surface area contributed by atoms with Crippen molar-refractivity contribution in [2.45, 2.75) is 13.0 Å². The minimum Gasteiger partial charge on any atom is -0.464 e. The molecule has 0 amide bonds. The molecule has 0 bridgehead atoms. The van der Waals surface area contributed by atoms with E-state index in [0.717, 1.165) is 26.2 Å². The molecule has 18 heavy (non-hydrogen) atoms. The molecule has 0 spiro atoms. The molecule has 1 saturated heterocycles. The summed E-state index contributed by atoms with van der Waals surface area (Å²) >= 11 is 0. The van der Waals surface area contributed by atoms with E-state index < -0.39 is 0 Å². The molecule has 6 nitrogen and oxygen atoms in total. The van der Waals surface area contributed by atoms with Crippen LogP contribution in [0, 0.1) is 0 Å². The summed E-state index contributed by atoms with van der Waals surface area (Å²) in [5.41, 5.74) is 0. The lowest BCUT2D eigenvalue weighted by molar-refractivity contribution is -0.148. The quantitative estimate of drug-likeness (QED) is 0.468. The van der Waals surface area contributed by atoms with E-state index in [1.54, 1.807) is 6.92 Å². The average Bonchev–Trinajstić information content (AvgIpc) is 2.34. The molecule has 1 aliphatic rings. The minimum atomic E-state index is -0.310. The molecule has 0 saturated carbocycles. The highest BCUT2D eigenvalue weighted by Gasteiger charge is 2.16. The fourth-order valence-corrected chi connectivity index (χ4v) is 1.76. The Kier molecular flexibility index (Phi) is 7.91. The van der Waals surface area contributed by atoms with Gasteiger partial charge in [0, 0.05) is 26.2 Å². The monoisotopic (exact) mass is 260 g/mol. The van der Waals surface area contributed by atoms with Gasteiger partial charge in [-0.1, -0.05) is 0 Å². The highest BCUT2D eigenvalue weighted by Crippen LogP contribution is 2.01. The fraction of sp³-hybridized carbons (Fsp3) is 0.917. The third-order valence-electron chi connectivity index (χ3n) is 2.66. The third kappa shape index (κ3) is 6.90. The second kappa shape index (κ2) is 9.27. The van der Waals surface area contributed by atoms with E-state index >= 15 is 0 Å². The standard InChI is InChI=1S/C12H24N2O4/c1-3-17-12(15)10-16-6-4-13-8-11-9-14(2)5-7-18-11/h11,13H,3-10H2,1-2H3. The number of nitrogens with zero attached hydrogens (tertiary/aromatic N) is 1. The largest absolute Gasteiger partial charge is 0.464 e. The first kappa shape index (κ1) is 15.4. The summed E-state index contributed by atoms with van der Waals surface area (Å²) in [4.78, 5) is 13.2. The van der Waals surface area contributed by atoms with Crippen molar-refractivity contribution in [1.82, 2.24) is 10.2 Å². The molecule has 0 aromatic heterocycles. The molecule has 1 unspecified atom stereocenters. The summed E-state index contributed by atoms with van der Waals surface area (Å²) in [6.45, 7) is 6.97. The van der Waals surface area contributed by atoms with Gasteiger partial charge in [0.05, 0.1) is 25.9 Å². The highest BCUT2D eigenvalue weighted by atomic mass is 16.6. The van der Waals surface area contributed by atoms with Gasteiger partial charge in [-0.3, -0.25) is 0 Å². The van der Waals surface area contributed by atoms with E-state index in [4.69, 9.17) is 14.2 Å². The highest BCUT2D eigenvalue weighted by molar-refractivity contribution is 5.70. The van der Waals surface area contributed by atoms with Gasteiger partial charge in [-0.25, -0.2) is 4.79 Å². The number of rotatable bonds is 8. The first-order valence-corrected chi connectivity index (χ1v) is 6.46. The summed E-state index contributed by atoms with van der Waals surface area (Å²) in [5, 5.41) is 3.25. The van der Waals surface area contributed by atoms with Crippen molar-refractivity contribution in [3.05, 3.63) is 0 Å². The van der Waals surface area contributed by atoms with Gasteiger partial charge in [-0.15, -0.1) is 0 Å². The summed E-state index contributed by atoms with van der Waals surface area (Å²) in [6.07, 6.45) is 0.244. The Balaban J connectivity index is 1.90. The van der Waals surface area contributed by atoms with Gasteiger partial charge in [0.15, 0.2) is 0 Å². The van der Waals surface area contributed by atoms with Gasteiger partial charge >= 0.3 is 5.97 Å². The first-order valence-electron chi connectivity index (χ1n) is 6.46. The maximum atomic E-state index is 11.0. The SMILES string of the molecule is CCOC(=O)COCCNCC1CN(C)CCO1. The van der Waals surface area contributed by atoms with Crippen LogP contribution in [0.3, 0.4) is 0 Å². The van der Waals surface area contributed by atoms with Crippen molar-refractivity contribution in [3.8, 4) is 0 Å². The fourth-order valence-electron chi connectivity index (χ4n) is 1.76. The van der Waals surface area contributed by atoms with Crippen LogP contribution in [-0.4, -0.2) is 76.6 Å². The second-order valence-corrected chi connectivity index (χ2v) is 4.32. The molecule has 0 aliphatic carbocycles. The third-order valence-corrected chi connectivity index (χ3v) is 2.66. The van der Waals surface area contributed by atoms with Crippen LogP contribution in [0.4, 0.5) is 0 Å². The van der Waals surface area contributed by atoms with Gasteiger partial charge in [-0.2, -0.15) is 0 Å². The second-order valence-electron chi connectivity index (χ2n) is 4.32. The number of ether oxygens (including phenoxy) is 3. The van der Waals surface area contributed by atoms with Crippen molar-refractivity contribution >= 4 is 5.97 Å². The van der Waals surface area contributed by atoms with Crippen LogP contribution in [0.25, 0.3) is 0 Å². The van der Waals surface area contributed by atoms with E-state index in [-0.39, 0.29) is 18.7 Å². The normalized spacial score (nSPS) is 20.9. The van der Waals surface area contributed by atoms with Gasteiger partial charge in [0.2, 0.25) is 0 Å². The molecule has 0 aromatic rings. The molecule has 1 heterocycles. The predicted octanol–water partition coefficient (Wildman–Crippen LogP) is -0.514. The van der Waals surface area contributed by atoms with Gasteiger partial charge in [-0.05, 0) is 14.0 Å². The average molecular weight is 260 g/mol. The smallest absolute Gasteiger partial charge is 0.332 e. The van der Waals surface area contributed by atoms with Crippen LogP contribution in [0.15, 0.2) is 0 Å². The number of likely N-dealkylation sites (N-methyl/N-ethyl adjacent to an activating group) is 1. The molecular weight excluding hydrogens is 236 g/mol. The maximum Gasteiger partial charge on any atom is 0.332 e. The maximum absolute atomic E-state index is 11.0. The van der Waals surface area contributed by atoms with Gasteiger partial charge < -0.3 is 24.4 Å². The number of hydrogen-bond donors (Lipinski definition) is 1. The lowest BCUT2D eigenvalue weighted by Gasteiger charge is -2.30. The number of morpholine rings is 1. The molecule has 106 valence electrons. The van der Waals surface area contributed by atoms with E-state index in [9.17, 15) is 4.79 Å². The lowest BCUT2D eigenvalue weighted by atomic mass is 10.3. The van der Waals surface area contributed by atoms with E-state index in [0.29, 0.717) is 19.8 Å². The Morgan fingerprint density at radius 3 is 3.11 bits per heavy atom. The molecule has 1 atom stereocenters. The molecular formula is C12H24N2O4. The Labute approximate surface area is 109 Å². The molecule has 0 radical (unpaired) electrons. The zero-order chi connectivity index (χ0) is 13.2. The van der Waals surface area contributed by atoms with Crippen molar-refractivity contribution in [1.29, 1.82) is 0 Å². The summed E-state index contributed by atoms with van der Waals surface area (Å²) in [5.74, 6) is -0.310. The van der Waals surface area contributed by atoms with E-state index in [2.05, 4.69) is 17.3 Å². The lowest BCUT2D eigenvalue weighted by Crippen LogP contribution is -2.45. The topological polar surface area (TPSA) is 60.0 Å². The van der Waals surface area contributed by atoms with Crippen LogP contribution < -0.4 is 5.32 Å². The zero-order valence-corrected chi connectivity index (χ0v) is 11.3. The molecule has 1 aliphatic heterocycles. The Bertz CT molecular complexity index is 238. The molecule has 1 N–H and O–H groups in total. The van der Waals surface area contributed by atoms with Crippen molar-refractivity contribution < 1.29 is 19.0 Å². The first-order chi connectivity index (χ1) is 8.72. The number of carbonyl (C=O) groups is 1. The van der Waals surface area contributed by atoms with Crippen LogP contribution >= 0.6 is 0 Å². The molecule has 1 rings (SSSR count). The van der Waals surface area contributed by atoms with Crippen LogP contribution in [0.1, 0.15) is 6.92 Å². The molecule has 0 aromatic carbocycles. The minimum absolute atomic E-state index is 0.0260. The van der Waals surface area contributed by atoms with Gasteiger partial charge in [0.1, 0.15) is 6.61 Å². The molecule has 1 fully saturated rings. The van der Waals surface area contributed by atoms with Crippen LogP contribution in [-0.2, 0) is 19.0 Å². The Hall–Kier alpha value is -0.690. The summed E-state index contributed by atoms with van der Waals surface area (Å²) in [6, 6.07) is 0. The number of nitrogens with one attached hydrogen (secondary N) is 1. The van der Waals surface area contributed by atoms with E-state index in [1.165, 1.54) is 0 Å². The van der Waals surface area contributed by atoms with Crippen molar-refractivity contribution in [2.75, 3.05) is 59.7 Å². The van der Waals surface area contributed by atoms with Crippen molar-refractivity contribution in [2.24, 2.45) is 0 Å². The number of carbonyl (C=O) groups excluding carboxylic acids is 1. The number of hydrogen-bond acceptors (Lipinski definition) is 6. The Morgan fingerprint density at radius 1 is 1.56 bits per heavy atom. The summed E-state index contributed by atoms with van der Waals surface area (Å²) < 4.78 is 15.5. The van der Waals surface area contributed by atoms with Gasteiger partial charge in [0.25, 0.3) is 0 Å². The Morgan fingerprint density at radius 2 is 2.39 bits per heavy atom. The molecule has 6 heteroatoms. The van der Waals surface area contributed by atoms with Crippen LogP contribution in [0.2, 0.25) is 0 Å². The predicted molar refractivity (Wildman–Crippen MR) is 67.6 cm³/mol. The van der Waals surface area contributed by atoms with E-state index in [1.807, 2.05) is 0 Å². The van der Waals surface area contributed by atoms with Crippen LogP contribution in [0.5, 0.6) is 0 Å².